The number of carbonyl (C=O) groups excluding carboxylic acids is 2. The number of nitrogens with one attached hydrogen (secondary N) is 2. The lowest BCUT2D eigenvalue weighted by molar-refractivity contribution is 0.0565. The van der Waals surface area contributed by atoms with Crippen molar-refractivity contribution >= 4 is 45.8 Å². The van der Waals surface area contributed by atoms with Crippen LogP contribution < -0.4 is 20.3 Å². The van der Waals surface area contributed by atoms with Crippen LogP contribution in [0.25, 0.3) is 21.9 Å². The molecule has 11 nitrogen and oxygen atoms in total. The summed E-state index contributed by atoms with van der Waals surface area (Å²) in [7, 11) is 0. The number of amides is 2. The molecule has 0 atom stereocenters. The third-order valence-corrected chi connectivity index (χ3v) is 7.84. The van der Waals surface area contributed by atoms with Crippen molar-refractivity contribution in [2.24, 2.45) is 0 Å². The number of aromatic nitrogens is 2. The zero-order valence-electron chi connectivity index (χ0n) is 28.2. The number of benzene rings is 2. The Morgan fingerprint density at radius 3 is 2.46 bits per heavy atom. The van der Waals surface area contributed by atoms with Gasteiger partial charge in [0.2, 0.25) is 5.88 Å². The van der Waals surface area contributed by atoms with Gasteiger partial charge in [0.25, 0.3) is 0 Å². The van der Waals surface area contributed by atoms with E-state index in [1.54, 1.807) is 60.6 Å². The van der Waals surface area contributed by atoms with Crippen molar-refractivity contribution in [2.75, 3.05) is 35.3 Å². The molecule has 6 rings (SSSR count). The molecule has 4 heterocycles. The fourth-order valence-electron chi connectivity index (χ4n) is 5.77. The van der Waals surface area contributed by atoms with Crippen molar-refractivity contribution < 1.29 is 32.9 Å². The van der Waals surface area contributed by atoms with Crippen LogP contribution in [-0.4, -0.2) is 53.1 Å². The summed E-state index contributed by atoms with van der Waals surface area (Å²) >= 11 is 0. The number of ether oxygens (including phenoxy) is 4. The molecule has 2 aliphatic rings. The minimum absolute atomic E-state index is 0.0981. The van der Waals surface area contributed by atoms with Gasteiger partial charge < -0.3 is 24.3 Å². The van der Waals surface area contributed by atoms with Crippen molar-refractivity contribution in [2.45, 2.75) is 72.7 Å². The number of anilines is 4. The van der Waals surface area contributed by atoms with E-state index in [0.29, 0.717) is 46.6 Å². The Labute approximate surface area is 278 Å². The summed E-state index contributed by atoms with van der Waals surface area (Å²) in [5.41, 5.74) is 3.05. The molecule has 0 unspecified atom stereocenters. The highest BCUT2D eigenvalue weighted by molar-refractivity contribution is 6.04. The molecule has 252 valence electrons. The number of rotatable bonds is 4. The Bertz CT molecular complexity index is 1920. The molecule has 2 aromatic heterocycles. The highest BCUT2D eigenvalue weighted by Gasteiger charge is 2.32. The third-order valence-electron chi connectivity index (χ3n) is 7.84. The molecule has 0 bridgehead atoms. The maximum absolute atomic E-state index is 16.7. The number of hydrogen-bond acceptors (Lipinski definition) is 9. The molecule has 0 fully saturated rings. The van der Waals surface area contributed by atoms with Crippen molar-refractivity contribution in [3.8, 4) is 17.0 Å². The SMILES string of the molecule is Cc1c(-c2cc3cc(Nc4ccc5c(c4)COCC5)ncc3c(NC(=O)OC(C)(C)C)c2F)cnc2c1N(C(=O)OC(C)(C)C)CCO2. The van der Waals surface area contributed by atoms with Crippen LogP contribution >= 0.6 is 0 Å². The van der Waals surface area contributed by atoms with Gasteiger partial charge in [-0.15, -0.1) is 0 Å². The van der Waals surface area contributed by atoms with E-state index in [-0.39, 0.29) is 30.3 Å². The first-order valence-electron chi connectivity index (χ1n) is 15.9. The minimum Gasteiger partial charge on any atom is -0.474 e. The number of pyridine rings is 2. The van der Waals surface area contributed by atoms with E-state index in [1.807, 2.05) is 12.1 Å². The Kier molecular flexibility index (Phi) is 8.63. The van der Waals surface area contributed by atoms with E-state index < -0.39 is 29.2 Å². The topological polar surface area (TPSA) is 124 Å². The van der Waals surface area contributed by atoms with E-state index in [2.05, 4.69) is 26.7 Å². The summed E-state index contributed by atoms with van der Waals surface area (Å²) in [6, 6.07) is 9.56. The zero-order chi connectivity index (χ0) is 34.4. The van der Waals surface area contributed by atoms with Crippen LogP contribution in [-0.2, 0) is 27.2 Å². The molecule has 0 saturated carbocycles. The van der Waals surface area contributed by atoms with E-state index >= 15 is 4.39 Å². The molecule has 12 heteroatoms. The first-order valence-corrected chi connectivity index (χ1v) is 15.9. The summed E-state index contributed by atoms with van der Waals surface area (Å²) < 4.78 is 39.2. The molecule has 48 heavy (non-hydrogen) atoms. The van der Waals surface area contributed by atoms with Gasteiger partial charge in [-0.05, 0) is 101 Å². The lowest BCUT2D eigenvalue weighted by Gasteiger charge is -2.32. The maximum atomic E-state index is 16.7. The standard InChI is InChI=1S/C36H40FN5O6/c1-20-26(17-39-32-31(20)42(11-13-46-32)34(44)48-36(5,6)7)25-15-22-16-28(40-24-9-8-21-10-12-45-19-23(21)14-24)38-18-27(22)30(29(25)37)41-33(43)47-35(2,3)4/h8-9,14-18H,10-13,19H2,1-7H3,(H,38,40)(H,41,43). The molecule has 2 N–H and O–H groups in total. The van der Waals surface area contributed by atoms with Crippen molar-refractivity contribution in [3.05, 3.63) is 65.2 Å². The number of hydrogen-bond donors (Lipinski definition) is 2. The average molecular weight is 658 g/mol. The maximum Gasteiger partial charge on any atom is 0.415 e. The van der Waals surface area contributed by atoms with Gasteiger partial charge in [-0.25, -0.2) is 23.9 Å². The first kappa shape index (κ1) is 33.0. The smallest absolute Gasteiger partial charge is 0.415 e. The highest BCUT2D eigenvalue weighted by atomic mass is 19.1. The van der Waals surface area contributed by atoms with Crippen LogP contribution in [0.3, 0.4) is 0 Å². The number of fused-ring (bicyclic) bond motifs is 3. The number of carbonyl (C=O) groups is 2. The Balaban J connectivity index is 1.46. The predicted octanol–water partition coefficient (Wildman–Crippen LogP) is 8.04. The molecule has 0 spiro atoms. The second-order valence-corrected chi connectivity index (χ2v) is 13.9. The molecule has 4 aromatic rings. The summed E-state index contributed by atoms with van der Waals surface area (Å²) in [5, 5.41) is 6.92. The summed E-state index contributed by atoms with van der Waals surface area (Å²) in [4.78, 5) is 36.7. The van der Waals surface area contributed by atoms with E-state index in [9.17, 15) is 9.59 Å². The van der Waals surface area contributed by atoms with Crippen molar-refractivity contribution in [1.29, 1.82) is 0 Å². The van der Waals surface area contributed by atoms with Gasteiger partial charge in [0.15, 0.2) is 5.82 Å². The lowest BCUT2D eigenvalue weighted by Crippen LogP contribution is -2.42. The molecular weight excluding hydrogens is 617 g/mol. The predicted molar refractivity (Wildman–Crippen MR) is 182 cm³/mol. The molecule has 0 saturated heterocycles. The highest BCUT2D eigenvalue weighted by Crippen LogP contribution is 2.43. The summed E-state index contributed by atoms with van der Waals surface area (Å²) in [6.07, 6.45) is 2.50. The number of halogens is 1. The van der Waals surface area contributed by atoms with E-state index in [0.717, 1.165) is 17.7 Å². The average Bonchev–Trinajstić information content (AvgIpc) is 3.00. The Morgan fingerprint density at radius 1 is 0.938 bits per heavy atom. The van der Waals surface area contributed by atoms with Gasteiger partial charge in [-0.3, -0.25) is 10.2 Å². The first-order chi connectivity index (χ1) is 22.7. The number of nitrogens with zero attached hydrogens (tertiary/aromatic N) is 3. The molecular formula is C36H40FN5O6. The molecule has 2 aliphatic heterocycles. The fourth-order valence-corrected chi connectivity index (χ4v) is 5.77. The van der Waals surface area contributed by atoms with E-state index in [4.69, 9.17) is 18.9 Å². The monoisotopic (exact) mass is 657 g/mol. The van der Waals surface area contributed by atoms with Gasteiger partial charge >= 0.3 is 12.2 Å². The zero-order valence-corrected chi connectivity index (χ0v) is 28.2. The van der Waals surface area contributed by atoms with Gasteiger partial charge in [0.1, 0.15) is 29.3 Å². The quantitative estimate of drug-likeness (QED) is 0.224. The van der Waals surface area contributed by atoms with Crippen molar-refractivity contribution in [1.82, 2.24) is 9.97 Å². The van der Waals surface area contributed by atoms with Crippen molar-refractivity contribution in [3.63, 3.8) is 0 Å². The fraction of sp³-hybridized carbons (Fsp3) is 0.389. The second kappa shape index (κ2) is 12.6. The van der Waals surface area contributed by atoms with Crippen LogP contribution in [0.5, 0.6) is 5.88 Å². The van der Waals surface area contributed by atoms with Gasteiger partial charge in [0, 0.05) is 34.6 Å². The normalized spacial score (nSPS) is 14.5. The van der Waals surface area contributed by atoms with Gasteiger partial charge in [-0.2, -0.15) is 0 Å². The van der Waals surface area contributed by atoms with Gasteiger partial charge in [-0.1, -0.05) is 6.07 Å². The minimum atomic E-state index is -0.817. The summed E-state index contributed by atoms with van der Waals surface area (Å²) in [6.45, 7) is 14.0. The summed E-state index contributed by atoms with van der Waals surface area (Å²) in [5.74, 6) is 0.0495. The third kappa shape index (κ3) is 6.98. The largest absolute Gasteiger partial charge is 0.474 e. The van der Waals surface area contributed by atoms with Crippen LogP contribution in [0, 0.1) is 12.7 Å². The lowest BCUT2D eigenvalue weighted by atomic mass is 9.96. The molecule has 0 aliphatic carbocycles. The Hall–Kier alpha value is -4.97. The van der Waals surface area contributed by atoms with Crippen LogP contribution in [0.15, 0.2) is 42.7 Å². The van der Waals surface area contributed by atoms with Crippen LogP contribution in [0.1, 0.15) is 58.2 Å². The van der Waals surface area contributed by atoms with Gasteiger partial charge in [0.05, 0.1) is 25.4 Å². The van der Waals surface area contributed by atoms with Crippen LogP contribution in [0.2, 0.25) is 0 Å². The van der Waals surface area contributed by atoms with E-state index in [1.165, 1.54) is 22.9 Å². The Morgan fingerprint density at radius 2 is 1.71 bits per heavy atom. The molecule has 0 radical (unpaired) electrons. The van der Waals surface area contributed by atoms with Crippen LogP contribution in [0.4, 0.5) is 36.9 Å². The molecule has 2 amide bonds. The second-order valence-electron chi connectivity index (χ2n) is 13.9. The molecule has 2 aromatic carbocycles.